The Morgan fingerprint density at radius 1 is 1.17 bits per heavy atom. The molecule has 1 aromatic carbocycles. The molecule has 3 N–H and O–H groups in total. The second-order valence-electron chi connectivity index (χ2n) is 8.11. The van der Waals surface area contributed by atoms with Crippen LogP contribution in [-0.4, -0.2) is 80.0 Å². The number of hydrogen-bond acceptors (Lipinski definition) is 12. The molecule has 0 bridgehead atoms. The van der Waals surface area contributed by atoms with E-state index in [4.69, 9.17) is 4.74 Å². The molecule has 0 aliphatic carbocycles. The molecule has 5 aromatic rings. The van der Waals surface area contributed by atoms with E-state index in [1.165, 1.54) is 22.3 Å². The molecule has 4 aromatic heterocycles. The van der Waals surface area contributed by atoms with Crippen LogP contribution in [0.25, 0.3) is 26.6 Å². The monoisotopic (exact) mass is 512 g/mol. The lowest BCUT2D eigenvalue weighted by molar-refractivity contribution is -0.210. The lowest BCUT2D eigenvalue weighted by Crippen LogP contribution is -2.53. The Balaban J connectivity index is 1.37. The Hall–Kier alpha value is -3.14. The Morgan fingerprint density at radius 2 is 2.06 bits per heavy atom. The van der Waals surface area contributed by atoms with Crippen molar-refractivity contribution in [2.45, 2.75) is 37.4 Å². The van der Waals surface area contributed by atoms with Gasteiger partial charge in [0.2, 0.25) is 0 Å². The first-order valence-corrected chi connectivity index (χ1v) is 12.4. The van der Waals surface area contributed by atoms with Gasteiger partial charge >= 0.3 is 0 Å². The maximum absolute atomic E-state index is 11.4. The van der Waals surface area contributed by atoms with E-state index in [0.717, 1.165) is 20.9 Å². The topological polar surface area (TPSA) is 157 Å². The lowest BCUT2D eigenvalue weighted by Gasteiger charge is -2.41. The molecule has 2 unspecified atom stereocenters. The minimum atomic E-state index is -1.27. The average Bonchev–Trinajstić information content (AvgIpc) is 3.65. The lowest BCUT2D eigenvalue weighted by atomic mass is 9.92. The van der Waals surface area contributed by atoms with Crippen LogP contribution in [0, 0.1) is 6.92 Å². The molecule has 1 aliphatic rings. The summed E-state index contributed by atoms with van der Waals surface area (Å²) >= 11 is 2.97. The second kappa shape index (κ2) is 8.82. The summed E-state index contributed by atoms with van der Waals surface area (Å²) in [5.41, 5.74) is 2.18. The quantitative estimate of drug-likeness (QED) is 0.313. The number of aliphatic hydroxyl groups excluding tert-OH is 3. The van der Waals surface area contributed by atoms with Crippen LogP contribution in [0.1, 0.15) is 23.0 Å². The SMILES string of the molecule is Cc1nc2ccc(-n3cnnc3[C@@H]3OC(CO)[C@H](O)[C@H](n4cc(-c5nccs5)nn4)C3O)cc2s1. The maximum Gasteiger partial charge on any atom is 0.169 e. The summed E-state index contributed by atoms with van der Waals surface area (Å²) in [7, 11) is 0. The van der Waals surface area contributed by atoms with Crippen molar-refractivity contribution in [2.75, 3.05) is 6.61 Å². The third-order valence-electron chi connectivity index (χ3n) is 5.95. The van der Waals surface area contributed by atoms with Gasteiger partial charge in [0.15, 0.2) is 5.82 Å². The van der Waals surface area contributed by atoms with Crippen molar-refractivity contribution in [3.63, 3.8) is 0 Å². The zero-order valence-corrected chi connectivity index (χ0v) is 19.9. The molecule has 5 heterocycles. The van der Waals surface area contributed by atoms with Gasteiger partial charge in [-0.2, -0.15) is 0 Å². The van der Waals surface area contributed by atoms with Gasteiger partial charge in [0.1, 0.15) is 47.5 Å². The minimum absolute atomic E-state index is 0.327. The molecule has 14 heteroatoms. The number of hydrogen-bond donors (Lipinski definition) is 3. The molecule has 1 aliphatic heterocycles. The van der Waals surface area contributed by atoms with Crippen LogP contribution in [0.5, 0.6) is 0 Å². The largest absolute Gasteiger partial charge is 0.394 e. The highest BCUT2D eigenvalue weighted by atomic mass is 32.1. The number of nitrogens with zero attached hydrogens (tertiary/aromatic N) is 8. The van der Waals surface area contributed by atoms with E-state index in [-0.39, 0.29) is 0 Å². The molecule has 12 nitrogen and oxygen atoms in total. The van der Waals surface area contributed by atoms with Crippen molar-refractivity contribution in [3.8, 4) is 16.4 Å². The van der Waals surface area contributed by atoms with Gasteiger partial charge in [-0.3, -0.25) is 4.57 Å². The number of thiazole rings is 2. The Kier molecular flexibility index (Phi) is 5.63. The number of aliphatic hydroxyl groups is 3. The van der Waals surface area contributed by atoms with E-state index in [0.29, 0.717) is 16.5 Å². The first-order chi connectivity index (χ1) is 17.0. The summed E-state index contributed by atoms with van der Waals surface area (Å²) in [6.07, 6.45) is 0.294. The van der Waals surface area contributed by atoms with Gasteiger partial charge in [0, 0.05) is 17.3 Å². The van der Waals surface area contributed by atoms with E-state index in [9.17, 15) is 15.3 Å². The van der Waals surface area contributed by atoms with Crippen molar-refractivity contribution in [2.24, 2.45) is 0 Å². The number of aryl methyl sites for hydroxylation is 1. The molecule has 35 heavy (non-hydrogen) atoms. The molecule has 0 saturated carbocycles. The highest BCUT2D eigenvalue weighted by Gasteiger charge is 2.48. The molecule has 0 radical (unpaired) electrons. The molecular weight excluding hydrogens is 492 g/mol. The summed E-state index contributed by atoms with van der Waals surface area (Å²) < 4.78 is 10.0. The van der Waals surface area contributed by atoms with Crippen LogP contribution in [0.15, 0.2) is 42.3 Å². The third kappa shape index (κ3) is 3.84. The van der Waals surface area contributed by atoms with Crippen molar-refractivity contribution in [3.05, 3.63) is 53.1 Å². The van der Waals surface area contributed by atoms with Crippen molar-refractivity contribution >= 4 is 32.9 Å². The average molecular weight is 513 g/mol. The summed E-state index contributed by atoms with van der Waals surface area (Å²) in [5.74, 6) is 0.327. The van der Waals surface area contributed by atoms with Crippen LogP contribution < -0.4 is 0 Å². The molecule has 0 amide bonds. The summed E-state index contributed by atoms with van der Waals surface area (Å²) in [5, 5.41) is 52.2. The number of rotatable bonds is 5. The Morgan fingerprint density at radius 3 is 2.86 bits per heavy atom. The van der Waals surface area contributed by atoms with Gasteiger partial charge in [0.25, 0.3) is 0 Å². The minimum Gasteiger partial charge on any atom is -0.394 e. The van der Waals surface area contributed by atoms with Gasteiger partial charge in [-0.15, -0.1) is 38.0 Å². The van der Waals surface area contributed by atoms with E-state index >= 15 is 0 Å². The Bertz CT molecular complexity index is 1470. The van der Waals surface area contributed by atoms with E-state index in [2.05, 4.69) is 30.5 Å². The van der Waals surface area contributed by atoms with Gasteiger partial charge in [-0.05, 0) is 25.1 Å². The number of aromatic nitrogens is 8. The molecular formula is C21H20N8O4S2. The number of ether oxygens (including phenoxy) is 1. The van der Waals surface area contributed by atoms with E-state index in [1.807, 2.05) is 30.5 Å². The zero-order chi connectivity index (χ0) is 24.1. The van der Waals surface area contributed by atoms with Gasteiger partial charge in [-0.1, -0.05) is 5.21 Å². The summed E-state index contributed by atoms with van der Waals surface area (Å²) in [4.78, 5) is 8.72. The normalized spacial score (nSPS) is 24.9. The summed E-state index contributed by atoms with van der Waals surface area (Å²) in [6.45, 7) is 1.49. The number of fused-ring (bicyclic) bond motifs is 1. The van der Waals surface area contributed by atoms with E-state index in [1.54, 1.807) is 28.3 Å². The van der Waals surface area contributed by atoms with E-state index < -0.39 is 37.1 Å². The van der Waals surface area contributed by atoms with Gasteiger partial charge in [-0.25, -0.2) is 14.6 Å². The highest BCUT2D eigenvalue weighted by molar-refractivity contribution is 7.18. The second-order valence-corrected chi connectivity index (χ2v) is 10.2. The van der Waals surface area contributed by atoms with Gasteiger partial charge < -0.3 is 20.1 Å². The molecule has 180 valence electrons. The highest BCUT2D eigenvalue weighted by Crippen LogP contribution is 2.38. The zero-order valence-electron chi connectivity index (χ0n) is 18.3. The molecule has 6 rings (SSSR count). The summed E-state index contributed by atoms with van der Waals surface area (Å²) in [6, 6.07) is 4.81. The van der Waals surface area contributed by atoms with Crippen LogP contribution in [0.3, 0.4) is 0 Å². The van der Waals surface area contributed by atoms with Crippen molar-refractivity contribution < 1.29 is 20.1 Å². The smallest absolute Gasteiger partial charge is 0.169 e. The fourth-order valence-corrected chi connectivity index (χ4v) is 5.76. The standard InChI is InChI=1S/C21H20N8O4S2/c1-10-24-12-3-2-11(6-15(12)35-10)28-9-23-26-20(28)19-18(32)16(17(31)14(8-30)33-19)29-7-13(25-27-29)21-22-4-5-34-21/h2-7,9,14,16-19,30-32H,8H2,1H3/t14?,16-,17-,18?,19+/m0/s1. The number of benzene rings is 1. The van der Waals surface area contributed by atoms with Crippen molar-refractivity contribution in [1.82, 2.24) is 39.7 Å². The molecule has 1 fully saturated rings. The predicted octanol–water partition coefficient (Wildman–Crippen LogP) is 1.30. The first kappa shape index (κ1) is 22.3. The third-order valence-corrected chi connectivity index (χ3v) is 7.67. The van der Waals surface area contributed by atoms with Crippen LogP contribution in [0.4, 0.5) is 0 Å². The first-order valence-electron chi connectivity index (χ1n) is 10.7. The molecule has 5 atom stereocenters. The van der Waals surface area contributed by atoms with Crippen molar-refractivity contribution in [1.29, 1.82) is 0 Å². The van der Waals surface area contributed by atoms with Crippen LogP contribution >= 0.6 is 22.7 Å². The van der Waals surface area contributed by atoms with Gasteiger partial charge in [0.05, 0.1) is 28.0 Å². The van der Waals surface area contributed by atoms with Crippen LogP contribution in [0.2, 0.25) is 0 Å². The predicted molar refractivity (Wildman–Crippen MR) is 126 cm³/mol. The molecule has 1 saturated heterocycles. The maximum atomic E-state index is 11.4. The molecule has 0 spiro atoms. The fourth-order valence-electron chi connectivity index (χ4n) is 4.31. The fraction of sp³-hybridized carbons (Fsp3) is 0.333. The van der Waals surface area contributed by atoms with Crippen LogP contribution in [-0.2, 0) is 4.74 Å². The Labute approximate surface area is 206 Å².